The molecule has 1 heterocycles. The molecule has 112 valence electrons. The molecular weight excluding hydrogens is 326 g/mol. The zero-order valence-corrected chi connectivity index (χ0v) is 12.8. The maximum Gasteiger partial charge on any atom is 0.235 e. The van der Waals surface area contributed by atoms with E-state index in [-0.39, 0.29) is 40.8 Å². The Kier molecular flexibility index (Phi) is 4.17. The molecule has 1 aliphatic rings. The number of phenols is 1. The van der Waals surface area contributed by atoms with Crippen molar-refractivity contribution < 1.29 is 21.9 Å². The van der Waals surface area contributed by atoms with Crippen LogP contribution in [0.3, 0.4) is 0 Å². The number of benzene rings is 1. The summed E-state index contributed by atoms with van der Waals surface area (Å²) in [6, 6.07) is 3.97. The normalized spacial score (nSPS) is 19.6. The van der Waals surface area contributed by atoms with Gasteiger partial charge < -0.3 is 5.11 Å². The van der Waals surface area contributed by atoms with Crippen molar-refractivity contribution in [3.63, 3.8) is 0 Å². The molecule has 0 amide bonds. The Morgan fingerprint density at radius 2 is 1.85 bits per heavy atom. The number of nitrogens with one attached hydrogen (secondary N) is 1. The van der Waals surface area contributed by atoms with E-state index in [0.29, 0.717) is 0 Å². The van der Waals surface area contributed by atoms with Gasteiger partial charge in [0, 0.05) is 0 Å². The van der Waals surface area contributed by atoms with Gasteiger partial charge in [-0.15, -0.1) is 0 Å². The average Bonchev–Trinajstić information content (AvgIpc) is 2.33. The van der Waals surface area contributed by atoms with Crippen LogP contribution in [-0.2, 0) is 19.9 Å². The first-order valence-corrected chi connectivity index (χ1v) is 9.65. The van der Waals surface area contributed by atoms with Crippen LogP contribution in [-0.4, -0.2) is 38.7 Å². The van der Waals surface area contributed by atoms with Crippen LogP contribution in [0.25, 0.3) is 0 Å². The number of hydrogen-bond donors (Lipinski definition) is 2. The maximum absolute atomic E-state index is 12.2. The Labute approximate surface area is 122 Å². The van der Waals surface area contributed by atoms with E-state index in [0.717, 1.165) is 0 Å². The van der Waals surface area contributed by atoms with E-state index in [9.17, 15) is 21.9 Å². The Morgan fingerprint density at radius 3 is 2.40 bits per heavy atom. The van der Waals surface area contributed by atoms with Gasteiger partial charge in [0.05, 0.1) is 27.5 Å². The van der Waals surface area contributed by atoms with Crippen LogP contribution in [0.4, 0.5) is 5.69 Å². The van der Waals surface area contributed by atoms with Crippen LogP contribution in [0.1, 0.15) is 12.8 Å². The van der Waals surface area contributed by atoms with Crippen molar-refractivity contribution in [3.05, 3.63) is 23.2 Å². The van der Waals surface area contributed by atoms with Gasteiger partial charge in [0.1, 0.15) is 15.6 Å². The van der Waals surface area contributed by atoms with E-state index in [1.807, 2.05) is 0 Å². The van der Waals surface area contributed by atoms with Crippen LogP contribution in [0.2, 0.25) is 5.02 Å². The molecule has 0 aliphatic carbocycles. The van der Waals surface area contributed by atoms with Crippen LogP contribution in [0.15, 0.2) is 18.2 Å². The molecular formula is C11H14ClNO5S2. The van der Waals surface area contributed by atoms with Crippen molar-refractivity contribution >= 4 is 37.1 Å². The molecule has 0 atom stereocenters. The molecule has 9 heteroatoms. The van der Waals surface area contributed by atoms with Gasteiger partial charge >= 0.3 is 0 Å². The number of halogens is 1. The fraction of sp³-hybridized carbons (Fsp3) is 0.455. The summed E-state index contributed by atoms with van der Waals surface area (Å²) in [6.07, 6.45) is 0.174. The third-order valence-electron chi connectivity index (χ3n) is 3.15. The summed E-state index contributed by atoms with van der Waals surface area (Å²) in [5, 5.41) is 8.57. The second-order valence-electron chi connectivity index (χ2n) is 4.66. The minimum Gasteiger partial charge on any atom is -0.506 e. The van der Waals surface area contributed by atoms with E-state index in [4.69, 9.17) is 11.6 Å². The van der Waals surface area contributed by atoms with Gasteiger partial charge in [-0.2, -0.15) is 0 Å². The topological polar surface area (TPSA) is 101 Å². The summed E-state index contributed by atoms with van der Waals surface area (Å²) in [6.45, 7) is 0. The van der Waals surface area contributed by atoms with Crippen molar-refractivity contribution in [2.24, 2.45) is 0 Å². The molecule has 1 aromatic rings. The monoisotopic (exact) mass is 339 g/mol. The van der Waals surface area contributed by atoms with Crippen LogP contribution < -0.4 is 4.72 Å². The molecule has 2 rings (SSSR count). The largest absolute Gasteiger partial charge is 0.506 e. The molecule has 0 unspecified atom stereocenters. The molecule has 0 spiro atoms. The second kappa shape index (κ2) is 5.42. The van der Waals surface area contributed by atoms with E-state index in [1.165, 1.54) is 18.2 Å². The fourth-order valence-electron chi connectivity index (χ4n) is 2.00. The number of anilines is 1. The first-order chi connectivity index (χ1) is 9.20. The lowest BCUT2D eigenvalue weighted by Gasteiger charge is -2.22. The first kappa shape index (κ1) is 15.4. The first-order valence-electron chi connectivity index (χ1n) is 5.90. The second-order valence-corrected chi connectivity index (χ2v) is 9.34. The number of sulfone groups is 1. The van der Waals surface area contributed by atoms with E-state index < -0.39 is 25.1 Å². The lowest BCUT2D eigenvalue weighted by molar-refractivity contribution is 0.475. The minimum atomic E-state index is -3.67. The van der Waals surface area contributed by atoms with Crippen LogP contribution in [0, 0.1) is 0 Å². The van der Waals surface area contributed by atoms with Crippen molar-refractivity contribution in [1.29, 1.82) is 0 Å². The van der Waals surface area contributed by atoms with Gasteiger partial charge in [0.25, 0.3) is 0 Å². The maximum atomic E-state index is 12.2. The highest BCUT2D eigenvalue weighted by atomic mass is 35.5. The molecule has 0 aromatic heterocycles. The molecule has 0 saturated carbocycles. The van der Waals surface area contributed by atoms with Crippen molar-refractivity contribution in [2.45, 2.75) is 18.1 Å². The quantitative estimate of drug-likeness (QED) is 0.810. The van der Waals surface area contributed by atoms with E-state index in [1.54, 1.807) is 0 Å². The molecule has 2 N–H and O–H groups in total. The van der Waals surface area contributed by atoms with Crippen LogP contribution >= 0.6 is 11.6 Å². The number of hydrogen-bond acceptors (Lipinski definition) is 5. The van der Waals surface area contributed by atoms with Crippen molar-refractivity contribution in [2.75, 3.05) is 16.2 Å². The van der Waals surface area contributed by atoms with E-state index in [2.05, 4.69) is 4.72 Å². The smallest absolute Gasteiger partial charge is 0.235 e. The lowest BCUT2D eigenvalue weighted by Crippen LogP contribution is -2.35. The zero-order valence-electron chi connectivity index (χ0n) is 10.4. The fourth-order valence-corrected chi connectivity index (χ4v) is 5.45. The predicted octanol–water partition coefficient (Wildman–Crippen LogP) is 1.36. The SMILES string of the molecule is O=S1(=O)CCC(S(=O)(=O)Nc2ccc(O)c(Cl)c2)CC1. The number of rotatable bonds is 3. The highest BCUT2D eigenvalue weighted by Crippen LogP contribution is 2.28. The van der Waals surface area contributed by atoms with Crippen molar-refractivity contribution in [1.82, 2.24) is 0 Å². The molecule has 1 aliphatic heterocycles. The number of aromatic hydroxyl groups is 1. The predicted molar refractivity (Wildman–Crippen MR) is 77.3 cm³/mol. The number of phenolic OH excluding ortho intramolecular Hbond substituents is 1. The summed E-state index contributed by atoms with van der Waals surface area (Å²) >= 11 is 5.70. The highest BCUT2D eigenvalue weighted by molar-refractivity contribution is 7.94. The Morgan fingerprint density at radius 1 is 1.25 bits per heavy atom. The summed E-state index contributed by atoms with van der Waals surface area (Å²) in [4.78, 5) is 0. The summed E-state index contributed by atoms with van der Waals surface area (Å²) < 4.78 is 49.3. The van der Waals surface area contributed by atoms with Gasteiger partial charge in [-0.3, -0.25) is 4.72 Å². The summed E-state index contributed by atoms with van der Waals surface area (Å²) in [7, 11) is -6.78. The Bertz CT molecular complexity index is 700. The minimum absolute atomic E-state index is 0.0384. The Balaban J connectivity index is 2.13. The third kappa shape index (κ3) is 3.56. The molecule has 6 nitrogen and oxygen atoms in total. The highest BCUT2D eigenvalue weighted by Gasteiger charge is 2.32. The standard InChI is InChI=1S/C11H14ClNO5S2/c12-10-7-8(1-2-11(10)14)13-20(17,18)9-3-5-19(15,16)6-4-9/h1-2,7,9,13-14H,3-6H2. The molecule has 1 saturated heterocycles. The summed E-state index contributed by atoms with van der Waals surface area (Å²) in [5.74, 6) is -0.373. The van der Waals surface area contributed by atoms with Crippen LogP contribution in [0.5, 0.6) is 5.75 Å². The average molecular weight is 340 g/mol. The van der Waals surface area contributed by atoms with Crippen molar-refractivity contribution in [3.8, 4) is 5.75 Å². The third-order valence-corrected chi connectivity index (χ3v) is 7.04. The van der Waals surface area contributed by atoms with Gasteiger partial charge in [-0.05, 0) is 31.0 Å². The van der Waals surface area contributed by atoms with Gasteiger partial charge in [-0.1, -0.05) is 11.6 Å². The number of sulfonamides is 1. The molecule has 1 fully saturated rings. The van der Waals surface area contributed by atoms with Gasteiger partial charge in [-0.25, -0.2) is 16.8 Å². The van der Waals surface area contributed by atoms with E-state index >= 15 is 0 Å². The molecule has 1 aromatic carbocycles. The Hall–Kier alpha value is -0.990. The molecule has 0 radical (unpaired) electrons. The molecule has 0 bridgehead atoms. The summed E-state index contributed by atoms with van der Waals surface area (Å²) in [5.41, 5.74) is 0.237. The zero-order chi connectivity index (χ0) is 15.0. The van der Waals surface area contributed by atoms with Gasteiger partial charge in [0.15, 0.2) is 0 Å². The van der Waals surface area contributed by atoms with Gasteiger partial charge in [0.2, 0.25) is 10.0 Å². The lowest BCUT2D eigenvalue weighted by atomic mass is 10.2. The molecule has 20 heavy (non-hydrogen) atoms.